The number of alkyl halides is 6. The van der Waals surface area contributed by atoms with E-state index in [1.807, 2.05) is 0 Å². The first-order valence-electron chi connectivity index (χ1n) is 9.34. The van der Waals surface area contributed by atoms with Crippen molar-refractivity contribution in [3.63, 3.8) is 0 Å². The second-order valence-corrected chi connectivity index (χ2v) is 7.44. The van der Waals surface area contributed by atoms with E-state index in [0.29, 0.717) is 4.90 Å². The normalized spacial score (nSPS) is 25.3. The molecule has 2 rings (SSSR count). The lowest BCUT2D eigenvalue weighted by atomic mass is 9.95. The van der Waals surface area contributed by atoms with Crippen molar-refractivity contribution in [1.82, 2.24) is 15.5 Å². The molecular formula is C17H21F6N3O5. The van der Waals surface area contributed by atoms with Crippen molar-refractivity contribution in [3.8, 4) is 0 Å². The molecule has 0 aromatic carbocycles. The fourth-order valence-corrected chi connectivity index (χ4v) is 3.62. The SMILES string of the molecule is CC(=O)N1CC(C(F)(F)F)CC1C(=O)NC(CC1CCNC1=O)C(=O)COC(F)(F)F. The average molecular weight is 461 g/mol. The quantitative estimate of drug-likeness (QED) is 0.549. The highest BCUT2D eigenvalue weighted by molar-refractivity contribution is 5.94. The third-order valence-electron chi connectivity index (χ3n) is 5.24. The standard InChI is InChI=1S/C17H21F6N3O5/c1-8(27)26-6-10(16(18,19)20)5-12(26)15(30)25-11(4-9-2-3-24-14(9)29)13(28)7-31-17(21,22)23/h9-12H,2-7H2,1H3,(H,24,29)(H,25,30). The van der Waals surface area contributed by atoms with Crippen LogP contribution in [-0.2, 0) is 23.9 Å². The molecule has 31 heavy (non-hydrogen) atoms. The van der Waals surface area contributed by atoms with Gasteiger partial charge < -0.3 is 15.5 Å². The molecule has 2 N–H and O–H groups in total. The van der Waals surface area contributed by atoms with Crippen LogP contribution >= 0.6 is 0 Å². The van der Waals surface area contributed by atoms with Crippen molar-refractivity contribution in [2.45, 2.75) is 50.8 Å². The zero-order valence-electron chi connectivity index (χ0n) is 16.3. The van der Waals surface area contributed by atoms with Gasteiger partial charge in [0.15, 0.2) is 5.78 Å². The van der Waals surface area contributed by atoms with Crippen molar-refractivity contribution in [2.24, 2.45) is 11.8 Å². The largest absolute Gasteiger partial charge is 0.522 e. The Hall–Kier alpha value is -2.38. The fourth-order valence-electron chi connectivity index (χ4n) is 3.62. The summed E-state index contributed by atoms with van der Waals surface area (Å²) in [6, 6.07) is -3.16. The highest BCUT2D eigenvalue weighted by Gasteiger charge is 2.50. The number of hydrogen-bond donors (Lipinski definition) is 2. The van der Waals surface area contributed by atoms with Gasteiger partial charge in [0.2, 0.25) is 17.7 Å². The second kappa shape index (κ2) is 9.40. The number of nitrogens with zero attached hydrogens (tertiary/aromatic N) is 1. The maximum absolute atomic E-state index is 13.1. The van der Waals surface area contributed by atoms with E-state index in [1.165, 1.54) is 0 Å². The first kappa shape index (κ1) is 24.9. The lowest BCUT2D eigenvalue weighted by Gasteiger charge is -2.26. The van der Waals surface area contributed by atoms with Crippen LogP contribution in [0.15, 0.2) is 0 Å². The summed E-state index contributed by atoms with van der Waals surface area (Å²) in [5, 5.41) is 4.59. The number of halogens is 6. The summed E-state index contributed by atoms with van der Waals surface area (Å²) in [6.45, 7) is -0.958. The van der Waals surface area contributed by atoms with E-state index in [9.17, 15) is 45.5 Å². The molecule has 0 bridgehead atoms. The van der Waals surface area contributed by atoms with Crippen LogP contribution in [-0.4, -0.2) is 72.7 Å². The average Bonchev–Trinajstić information content (AvgIpc) is 3.25. The van der Waals surface area contributed by atoms with Gasteiger partial charge in [0.1, 0.15) is 12.6 Å². The van der Waals surface area contributed by atoms with Gasteiger partial charge in [-0.25, -0.2) is 0 Å². The molecule has 4 atom stereocenters. The van der Waals surface area contributed by atoms with Crippen LogP contribution in [0.4, 0.5) is 26.3 Å². The van der Waals surface area contributed by atoms with Crippen molar-refractivity contribution in [2.75, 3.05) is 19.7 Å². The summed E-state index contributed by atoms with van der Waals surface area (Å²) in [6.07, 6.45) is -10.6. The van der Waals surface area contributed by atoms with E-state index in [1.54, 1.807) is 0 Å². The lowest BCUT2D eigenvalue weighted by Crippen LogP contribution is -2.52. The summed E-state index contributed by atoms with van der Waals surface area (Å²) in [5.41, 5.74) is 0. The maximum Gasteiger partial charge on any atom is 0.522 e. The number of Topliss-reactive ketones (excluding diaryl/α,β-unsaturated/α-hetero) is 1. The molecule has 2 aliphatic heterocycles. The predicted molar refractivity (Wildman–Crippen MR) is 90.0 cm³/mol. The van der Waals surface area contributed by atoms with Gasteiger partial charge >= 0.3 is 12.5 Å². The van der Waals surface area contributed by atoms with E-state index < -0.39 is 79.5 Å². The van der Waals surface area contributed by atoms with Crippen molar-refractivity contribution in [3.05, 3.63) is 0 Å². The monoisotopic (exact) mass is 461 g/mol. The Labute approximate surface area is 172 Å². The molecule has 0 aromatic heterocycles. The molecule has 0 radical (unpaired) electrons. The van der Waals surface area contributed by atoms with E-state index >= 15 is 0 Å². The number of likely N-dealkylation sites (tertiary alicyclic amines) is 1. The zero-order chi connectivity index (χ0) is 23.6. The van der Waals surface area contributed by atoms with Crippen molar-refractivity contribution >= 4 is 23.5 Å². The van der Waals surface area contributed by atoms with Gasteiger partial charge in [0.25, 0.3) is 0 Å². The smallest absolute Gasteiger partial charge is 0.356 e. The maximum atomic E-state index is 13.1. The van der Waals surface area contributed by atoms with Crippen molar-refractivity contribution < 1.29 is 50.3 Å². The Morgan fingerprint density at radius 1 is 1.23 bits per heavy atom. The van der Waals surface area contributed by atoms with Gasteiger partial charge in [-0.15, -0.1) is 13.2 Å². The molecule has 176 valence electrons. The Morgan fingerprint density at radius 2 is 1.87 bits per heavy atom. The lowest BCUT2D eigenvalue weighted by molar-refractivity contribution is -0.321. The molecule has 4 unspecified atom stereocenters. The molecule has 2 aliphatic rings. The second-order valence-electron chi connectivity index (χ2n) is 7.44. The number of carbonyl (C=O) groups is 4. The highest BCUT2D eigenvalue weighted by atomic mass is 19.4. The molecule has 14 heteroatoms. The number of nitrogens with one attached hydrogen (secondary N) is 2. The Bertz CT molecular complexity index is 726. The van der Waals surface area contributed by atoms with E-state index in [4.69, 9.17) is 0 Å². The van der Waals surface area contributed by atoms with Gasteiger partial charge in [0.05, 0.1) is 12.0 Å². The molecule has 0 aliphatic carbocycles. The zero-order valence-corrected chi connectivity index (χ0v) is 16.3. The van der Waals surface area contributed by atoms with Crippen LogP contribution in [0.25, 0.3) is 0 Å². The van der Waals surface area contributed by atoms with Crippen LogP contribution in [0, 0.1) is 11.8 Å². The molecule has 2 heterocycles. The minimum absolute atomic E-state index is 0.262. The Morgan fingerprint density at radius 3 is 2.35 bits per heavy atom. The molecule has 3 amide bonds. The molecule has 2 saturated heterocycles. The van der Waals surface area contributed by atoms with E-state index in [-0.39, 0.29) is 19.4 Å². The summed E-state index contributed by atoms with van der Waals surface area (Å²) in [7, 11) is 0. The predicted octanol–water partition coefficient (Wildman–Crippen LogP) is 0.902. The molecule has 0 saturated carbocycles. The summed E-state index contributed by atoms with van der Waals surface area (Å²) >= 11 is 0. The van der Waals surface area contributed by atoms with Crippen LogP contribution in [0.1, 0.15) is 26.2 Å². The van der Waals surface area contributed by atoms with Crippen molar-refractivity contribution in [1.29, 1.82) is 0 Å². The van der Waals surface area contributed by atoms with Gasteiger partial charge in [-0.3, -0.25) is 23.9 Å². The topological polar surface area (TPSA) is 105 Å². The van der Waals surface area contributed by atoms with Gasteiger partial charge in [0, 0.05) is 25.9 Å². The molecule has 2 fully saturated rings. The fraction of sp³-hybridized carbons (Fsp3) is 0.765. The molecule has 0 aromatic rings. The first-order valence-corrected chi connectivity index (χ1v) is 9.34. The highest BCUT2D eigenvalue weighted by Crippen LogP contribution is 2.36. The molecular weight excluding hydrogens is 440 g/mol. The number of hydrogen-bond acceptors (Lipinski definition) is 5. The third kappa shape index (κ3) is 6.80. The minimum atomic E-state index is -5.12. The van der Waals surface area contributed by atoms with Gasteiger partial charge in [-0.2, -0.15) is 13.2 Å². The molecule has 8 nitrogen and oxygen atoms in total. The minimum Gasteiger partial charge on any atom is -0.356 e. The first-order chi connectivity index (χ1) is 14.2. The summed E-state index contributed by atoms with van der Waals surface area (Å²) in [4.78, 5) is 49.0. The Kier molecular flexibility index (Phi) is 7.55. The van der Waals surface area contributed by atoms with Gasteiger partial charge in [-0.05, 0) is 19.3 Å². The molecule has 0 spiro atoms. The number of ether oxygens (including phenoxy) is 1. The Balaban J connectivity index is 2.15. The number of amides is 3. The number of ketones is 1. The number of rotatable bonds is 7. The van der Waals surface area contributed by atoms with E-state index in [0.717, 1.165) is 6.92 Å². The van der Waals surface area contributed by atoms with Crippen LogP contribution < -0.4 is 10.6 Å². The van der Waals surface area contributed by atoms with Crippen LogP contribution in [0.2, 0.25) is 0 Å². The summed E-state index contributed by atoms with van der Waals surface area (Å²) in [5.74, 6) is -6.33. The van der Waals surface area contributed by atoms with Crippen LogP contribution in [0.3, 0.4) is 0 Å². The number of carbonyl (C=O) groups excluding carboxylic acids is 4. The van der Waals surface area contributed by atoms with E-state index in [2.05, 4.69) is 15.4 Å². The summed E-state index contributed by atoms with van der Waals surface area (Å²) < 4.78 is 79.5. The van der Waals surface area contributed by atoms with Gasteiger partial charge in [-0.1, -0.05) is 0 Å². The third-order valence-corrected chi connectivity index (χ3v) is 5.24. The van der Waals surface area contributed by atoms with Crippen LogP contribution in [0.5, 0.6) is 0 Å².